The van der Waals surface area contributed by atoms with Crippen LogP contribution in [0.15, 0.2) is 36.4 Å². The van der Waals surface area contributed by atoms with Crippen molar-refractivity contribution in [3.8, 4) is 0 Å². The first kappa shape index (κ1) is 18.1. The van der Waals surface area contributed by atoms with E-state index in [4.69, 9.17) is 4.74 Å². The molecule has 0 unspecified atom stereocenters. The molecule has 0 N–H and O–H groups in total. The molecule has 0 spiro atoms. The van der Waals surface area contributed by atoms with Crippen molar-refractivity contribution in [2.45, 2.75) is 12.8 Å². The molecular weight excluding hydrogens is 364 g/mol. The van der Waals surface area contributed by atoms with Gasteiger partial charge in [0.2, 0.25) is 11.8 Å². The first-order valence-corrected chi connectivity index (χ1v) is 9.10. The number of hydrogen-bond acceptors (Lipinski definition) is 6. The number of allylic oxidation sites excluding steroid dienone is 2. The third-order valence-electron chi connectivity index (χ3n) is 5.34. The number of ether oxygens (including phenoxy) is 1. The Morgan fingerprint density at radius 3 is 1.96 bits per heavy atom. The van der Waals surface area contributed by atoms with Gasteiger partial charge >= 0.3 is 5.97 Å². The summed E-state index contributed by atoms with van der Waals surface area (Å²) in [7, 11) is 0. The lowest BCUT2D eigenvalue weighted by molar-refractivity contribution is -0.153. The van der Waals surface area contributed by atoms with Crippen LogP contribution >= 0.6 is 0 Å². The van der Waals surface area contributed by atoms with Crippen LogP contribution in [0, 0.1) is 11.8 Å². The number of nitrogens with zero attached hydrogens (tertiary/aromatic N) is 2. The second-order valence-corrected chi connectivity index (χ2v) is 6.95. The van der Waals surface area contributed by atoms with Gasteiger partial charge < -0.3 is 4.74 Å². The van der Waals surface area contributed by atoms with Crippen molar-refractivity contribution in [3.05, 3.63) is 47.5 Å². The zero-order valence-electron chi connectivity index (χ0n) is 15.0. The first-order chi connectivity index (χ1) is 13.5. The van der Waals surface area contributed by atoms with Gasteiger partial charge in [-0.1, -0.05) is 24.3 Å². The van der Waals surface area contributed by atoms with Gasteiger partial charge in [0.1, 0.15) is 13.2 Å². The number of fused-ring (bicyclic) bond motifs is 2. The highest BCUT2D eigenvalue weighted by Gasteiger charge is 2.47. The van der Waals surface area contributed by atoms with E-state index in [2.05, 4.69) is 0 Å². The minimum Gasteiger partial charge on any atom is -0.462 e. The highest BCUT2D eigenvalue weighted by atomic mass is 16.5. The van der Waals surface area contributed by atoms with Crippen LogP contribution in [0.3, 0.4) is 0 Å². The number of likely N-dealkylation sites (tertiary alicyclic amines) is 1. The molecule has 4 amide bonds. The van der Waals surface area contributed by atoms with Gasteiger partial charge in [-0.05, 0) is 25.0 Å². The Balaban J connectivity index is 1.30. The maximum atomic E-state index is 12.3. The van der Waals surface area contributed by atoms with Gasteiger partial charge in [-0.25, -0.2) is 0 Å². The fourth-order valence-corrected chi connectivity index (χ4v) is 3.89. The molecule has 1 saturated heterocycles. The van der Waals surface area contributed by atoms with Gasteiger partial charge in [-0.2, -0.15) is 0 Å². The molecule has 1 aromatic rings. The van der Waals surface area contributed by atoms with Crippen LogP contribution in [0.25, 0.3) is 0 Å². The van der Waals surface area contributed by atoms with Crippen molar-refractivity contribution in [2.75, 3.05) is 19.7 Å². The standard InChI is InChI=1S/C20H18N2O6/c23-16(11-22-19(26)14-7-3-4-8-15(14)20(22)27)28-10-9-21-17(24)12-5-1-2-6-13(12)18(21)25/h1-6,14-15H,7-11H2/t14-,15+. The van der Waals surface area contributed by atoms with Gasteiger partial charge in [0.05, 0.1) is 29.5 Å². The SMILES string of the molecule is O=C(CN1C(=O)[C@H]2CC=CC[C@H]2C1=O)OCCN1C(=O)c2ccccc2C1=O. The number of imide groups is 2. The van der Waals surface area contributed by atoms with Crippen molar-refractivity contribution < 1.29 is 28.7 Å². The van der Waals surface area contributed by atoms with Gasteiger partial charge in [0.15, 0.2) is 0 Å². The molecule has 1 aromatic carbocycles. The Hall–Kier alpha value is -3.29. The predicted octanol–water partition coefficient (Wildman–Crippen LogP) is 0.777. The molecule has 2 aliphatic heterocycles. The smallest absolute Gasteiger partial charge is 0.326 e. The summed E-state index contributed by atoms with van der Waals surface area (Å²) in [5.74, 6) is -3.11. The minimum atomic E-state index is -0.745. The lowest BCUT2D eigenvalue weighted by Gasteiger charge is -2.16. The molecule has 4 rings (SSSR count). The van der Waals surface area contributed by atoms with E-state index in [0.29, 0.717) is 24.0 Å². The number of carbonyl (C=O) groups is 5. The van der Waals surface area contributed by atoms with Crippen LogP contribution in [0.2, 0.25) is 0 Å². The molecule has 1 fully saturated rings. The summed E-state index contributed by atoms with van der Waals surface area (Å²) in [4.78, 5) is 63.2. The number of esters is 1. The number of hydrogen-bond donors (Lipinski definition) is 0. The Labute approximate surface area is 160 Å². The molecule has 1 aliphatic carbocycles. The Bertz CT molecular complexity index is 860. The molecule has 0 aromatic heterocycles. The summed E-state index contributed by atoms with van der Waals surface area (Å²) in [6, 6.07) is 6.48. The maximum absolute atomic E-state index is 12.3. The number of carbonyl (C=O) groups excluding carboxylic acids is 5. The summed E-state index contributed by atoms with van der Waals surface area (Å²) in [5.41, 5.74) is 0.645. The van der Waals surface area contributed by atoms with Crippen LogP contribution < -0.4 is 0 Å². The summed E-state index contributed by atoms with van der Waals surface area (Å²) >= 11 is 0. The molecule has 0 radical (unpaired) electrons. The van der Waals surface area contributed by atoms with E-state index in [1.165, 1.54) is 0 Å². The zero-order chi connectivity index (χ0) is 19.8. The number of rotatable bonds is 5. The van der Waals surface area contributed by atoms with Crippen LogP contribution in [0.1, 0.15) is 33.6 Å². The van der Waals surface area contributed by atoms with E-state index in [0.717, 1.165) is 9.80 Å². The minimum absolute atomic E-state index is 0.0881. The highest BCUT2D eigenvalue weighted by molar-refractivity contribution is 6.21. The van der Waals surface area contributed by atoms with Crippen LogP contribution in [-0.2, 0) is 19.1 Å². The second-order valence-electron chi connectivity index (χ2n) is 6.95. The number of benzene rings is 1. The molecule has 0 saturated carbocycles. The van der Waals surface area contributed by atoms with E-state index in [9.17, 15) is 24.0 Å². The highest BCUT2D eigenvalue weighted by Crippen LogP contribution is 2.34. The molecule has 8 heteroatoms. The fraction of sp³-hybridized carbons (Fsp3) is 0.350. The third kappa shape index (κ3) is 2.90. The maximum Gasteiger partial charge on any atom is 0.326 e. The summed E-state index contributed by atoms with van der Waals surface area (Å²) < 4.78 is 5.06. The monoisotopic (exact) mass is 382 g/mol. The van der Waals surface area contributed by atoms with E-state index in [-0.39, 0.29) is 25.0 Å². The molecule has 144 valence electrons. The van der Waals surface area contributed by atoms with Gasteiger partial charge in [0, 0.05) is 0 Å². The molecular formula is C20H18N2O6. The van der Waals surface area contributed by atoms with Crippen molar-refractivity contribution in [1.29, 1.82) is 0 Å². The zero-order valence-corrected chi connectivity index (χ0v) is 15.0. The molecule has 3 aliphatic rings. The van der Waals surface area contributed by atoms with Crippen LogP contribution in [0.5, 0.6) is 0 Å². The van der Waals surface area contributed by atoms with E-state index < -0.39 is 36.2 Å². The van der Waals surface area contributed by atoms with Crippen molar-refractivity contribution >= 4 is 29.6 Å². The average Bonchev–Trinajstić information content (AvgIpc) is 3.09. The van der Waals surface area contributed by atoms with Crippen molar-refractivity contribution in [3.63, 3.8) is 0 Å². The van der Waals surface area contributed by atoms with E-state index in [1.54, 1.807) is 24.3 Å². The fourth-order valence-electron chi connectivity index (χ4n) is 3.89. The van der Waals surface area contributed by atoms with Crippen LogP contribution in [0.4, 0.5) is 0 Å². The molecule has 8 nitrogen and oxygen atoms in total. The Kier molecular flexibility index (Phi) is 4.54. The number of amides is 4. The largest absolute Gasteiger partial charge is 0.462 e. The van der Waals surface area contributed by atoms with Crippen molar-refractivity contribution in [2.24, 2.45) is 11.8 Å². The quantitative estimate of drug-likeness (QED) is 0.424. The summed E-state index contributed by atoms with van der Waals surface area (Å²) in [6.07, 6.45) is 4.74. The predicted molar refractivity (Wildman–Crippen MR) is 94.8 cm³/mol. The topological polar surface area (TPSA) is 101 Å². The lowest BCUT2D eigenvalue weighted by atomic mass is 9.85. The lowest BCUT2D eigenvalue weighted by Crippen LogP contribution is -2.38. The van der Waals surface area contributed by atoms with Gasteiger partial charge in [-0.3, -0.25) is 33.8 Å². The summed E-state index contributed by atoms with van der Waals surface area (Å²) in [5, 5.41) is 0. The summed E-state index contributed by atoms with van der Waals surface area (Å²) in [6.45, 7) is -0.739. The van der Waals surface area contributed by atoms with Crippen LogP contribution in [-0.4, -0.2) is 59.1 Å². The Morgan fingerprint density at radius 2 is 1.43 bits per heavy atom. The van der Waals surface area contributed by atoms with Gasteiger partial charge in [-0.15, -0.1) is 0 Å². The molecule has 2 heterocycles. The van der Waals surface area contributed by atoms with Gasteiger partial charge in [0.25, 0.3) is 11.8 Å². The molecule has 0 bridgehead atoms. The average molecular weight is 382 g/mol. The normalized spacial score (nSPS) is 23.3. The molecule has 28 heavy (non-hydrogen) atoms. The van der Waals surface area contributed by atoms with Crippen molar-refractivity contribution in [1.82, 2.24) is 9.80 Å². The third-order valence-corrected chi connectivity index (χ3v) is 5.34. The Morgan fingerprint density at radius 1 is 0.893 bits per heavy atom. The van der Waals surface area contributed by atoms with E-state index in [1.807, 2.05) is 12.2 Å². The van der Waals surface area contributed by atoms with E-state index >= 15 is 0 Å². The second kappa shape index (κ2) is 7.03. The first-order valence-electron chi connectivity index (χ1n) is 9.10. The molecule has 2 atom stereocenters.